The van der Waals surface area contributed by atoms with Crippen LogP contribution >= 0.6 is 0 Å². The van der Waals surface area contributed by atoms with Gasteiger partial charge in [0.25, 0.3) is 5.91 Å². The number of likely N-dealkylation sites (tertiary alicyclic amines) is 1. The molecular formula is C14H19N3O4. The highest BCUT2D eigenvalue weighted by Crippen LogP contribution is 2.29. The van der Waals surface area contributed by atoms with Crippen molar-refractivity contribution in [2.45, 2.75) is 13.3 Å². The fourth-order valence-electron chi connectivity index (χ4n) is 2.46. The number of carbonyl (C=O) groups is 1. The highest BCUT2D eigenvalue weighted by atomic mass is 16.6. The molecule has 0 saturated carbocycles. The van der Waals surface area contributed by atoms with E-state index in [2.05, 4.69) is 0 Å². The molecule has 2 rings (SSSR count). The van der Waals surface area contributed by atoms with E-state index in [1.54, 1.807) is 17.9 Å². The number of benzene rings is 1. The third-order valence-corrected chi connectivity index (χ3v) is 3.61. The fourth-order valence-corrected chi connectivity index (χ4v) is 2.46. The van der Waals surface area contributed by atoms with E-state index in [4.69, 9.17) is 10.5 Å². The van der Waals surface area contributed by atoms with Gasteiger partial charge in [-0.15, -0.1) is 0 Å². The summed E-state index contributed by atoms with van der Waals surface area (Å²) in [6, 6.07) is 4.32. The van der Waals surface area contributed by atoms with Crippen LogP contribution in [0.1, 0.15) is 23.7 Å². The van der Waals surface area contributed by atoms with E-state index in [1.807, 2.05) is 0 Å². The number of ether oxygens (including phenoxy) is 1. The van der Waals surface area contributed by atoms with Gasteiger partial charge in [0, 0.05) is 24.7 Å². The number of carbonyl (C=O) groups excluding carboxylic acids is 1. The molecule has 1 aliphatic rings. The number of nitrogens with zero attached hydrogens (tertiary/aromatic N) is 2. The molecule has 21 heavy (non-hydrogen) atoms. The van der Waals surface area contributed by atoms with Crippen LogP contribution < -0.4 is 10.5 Å². The molecular weight excluding hydrogens is 274 g/mol. The maximum absolute atomic E-state index is 12.4. The van der Waals surface area contributed by atoms with Gasteiger partial charge in [-0.2, -0.15) is 0 Å². The minimum absolute atomic E-state index is 0.181. The Hall–Kier alpha value is -2.15. The van der Waals surface area contributed by atoms with Crippen molar-refractivity contribution in [2.24, 2.45) is 11.7 Å². The lowest BCUT2D eigenvalue weighted by atomic mass is 10.1. The summed E-state index contributed by atoms with van der Waals surface area (Å²) in [4.78, 5) is 24.6. The Morgan fingerprint density at radius 1 is 1.57 bits per heavy atom. The van der Waals surface area contributed by atoms with Gasteiger partial charge in [0.05, 0.1) is 11.5 Å². The maximum Gasteiger partial charge on any atom is 0.311 e. The summed E-state index contributed by atoms with van der Waals surface area (Å²) in [5.74, 6) is 0.295. The van der Waals surface area contributed by atoms with E-state index < -0.39 is 4.92 Å². The van der Waals surface area contributed by atoms with Crippen molar-refractivity contribution < 1.29 is 14.5 Å². The van der Waals surface area contributed by atoms with Crippen molar-refractivity contribution in [2.75, 3.05) is 26.2 Å². The first-order chi connectivity index (χ1) is 10.1. The zero-order chi connectivity index (χ0) is 15.4. The number of rotatable bonds is 5. The summed E-state index contributed by atoms with van der Waals surface area (Å²) in [5.41, 5.74) is 5.73. The summed E-state index contributed by atoms with van der Waals surface area (Å²) >= 11 is 0. The van der Waals surface area contributed by atoms with Crippen molar-refractivity contribution >= 4 is 11.6 Å². The van der Waals surface area contributed by atoms with Crippen LogP contribution in [0.3, 0.4) is 0 Å². The highest BCUT2D eigenvalue weighted by Gasteiger charge is 2.27. The molecule has 0 aromatic heterocycles. The largest absolute Gasteiger partial charge is 0.487 e. The Morgan fingerprint density at radius 3 is 2.90 bits per heavy atom. The van der Waals surface area contributed by atoms with E-state index in [1.165, 1.54) is 12.1 Å². The molecule has 0 aliphatic carbocycles. The van der Waals surface area contributed by atoms with Gasteiger partial charge in [-0.25, -0.2) is 0 Å². The van der Waals surface area contributed by atoms with Crippen LogP contribution in [0.15, 0.2) is 18.2 Å². The predicted octanol–water partition coefficient (Wildman–Crippen LogP) is 1.41. The number of nitro benzene ring substituents is 1. The number of amides is 1. The van der Waals surface area contributed by atoms with Crippen molar-refractivity contribution in [1.82, 2.24) is 4.90 Å². The van der Waals surface area contributed by atoms with Gasteiger partial charge in [-0.05, 0) is 37.9 Å². The van der Waals surface area contributed by atoms with Gasteiger partial charge in [0.1, 0.15) is 0 Å². The molecule has 1 saturated heterocycles. The van der Waals surface area contributed by atoms with Gasteiger partial charge in [-0.1, -0.05) is 0 Å². The Kier molecular flexibility index (Phi) is 4.74. The molecule has 1 amide bonds. The first-order valence-corrected chi connectivity index (χ1v) is 6.97. The van der Waals surface area contributed by atoms with Gasteiger partial charge >= 0.3 is 5.69 Å². The monoisotopic (exact) mass is 293 g/mol. The maximum atomic E-state index is 12.4. The zero-order valence-electron chi connectivity index (χ0n) is 11.9. The Labute approximate surface area is 122 Å². The summed E-state index contributed by atoms with van der Waals surface area (Å²) in [6.07, 6.45) is 0.876. The average Bonchev–Trinajstić information content (AvgIpc) is 2.96. The molecule has 7 heteroatoms. The Morgan fingerprint density at radius 2 is 2.33 bits per heavy atom. The molecule has 0 radical (unpaired) electrons. The predicted molar refractivity (Wildman–Crippen MR) is 77.3 cm³/mol. The third-order valence-electron chi connectivity index (χ3n) is 3.61. The first kappa shape index (κ1) is 15.2. The zero-order valence-corrected chi connectivity index (χ0v) is 11.9. The first-order valence-electron chi connectivity index (χ1n) is 6.97. The van der Waals surface area contributed by atoms with Crippen molar-refractivity contribution in [3.63, 3.8) is 0 Å². The van der Waals surface area contributed by atoms with E-state index in [9.17, 15) is 14.9 Å². The van der Waals surface area contributed by atoms with Crippen LogP contribution in [0.2, 0.25) is 0 Å². The minimum Gasteiger partial charge on any atom is -0.487 e. The minimum atomic E-state index is -0.533. The summed E-state index contributed by atoms with van der Waals surface area (Å²) < 4.78 is 5.21. The lowest BCUT2D eigenvalue weighted by Gasteiger charge is -2.16. The molecule has 7 nitrogen and oxygen atoms in total. The third kappa shape index (κ3) is 3.30. The van der Waals surface area contributed by atoms with Crippen LogP contribution in [0, 0.1) is 16.0 Å². The van der Waals surface area contributed by atoms with E-state index >= 15 is 0 Å². The molecule has 114 valence electrons. The molecule has 1 aromatic rings. The van der Waals surface area contributed by atoms with Crippen molar-refractivity contribution in [3.05, 3.63) is 33.9 Å². The number of hydrogen-bond acceptors (Lipinski definition) is 5. The smallest absolute Gasteiger partial charge is 0.311 e. The van der Waals surface area contributed by atoms with Crippen molar-refractivity contribution in [3.8, 4) is 5.75 Å². The number of nitrogens with two attached hydrogens (primary N) is 1. The van der Waals surface area contributed by atoms with Crippen LogP contribution in [0.25, 0.3) is 0 Å². The van der Waals surface area contributed by atoms with E-state index in [0.29, 0.717) is 37.7 Å². The van der Waals surface area contributed by atoms with Crippen LogP contribution in [-0.4, -0.2) is 42.0 Å². The van der Waals surface area contributed by atoms with Gasteiger partial charge in [-0.3, -0.25) is 14.9 Å². The van der Waals surface area contributed by atoms with Crippen LogP contribution in [-0.2, 0) is 0 Å². The number of nitro groups is 1. The quantitative estimate of drug-likeness (QED) is 0.653. The molecule has 1 heterocycles. The summed E-state index contributed by atoms with van der Waals surface area (Å²) in [7, 11) is 0. The Bertz CT molecular complexity index is 547. The van der Waals surface area contributed by atoms with Crippen LogP contribution in [0.4, 0.5) is 5.69 Å². The lowest BCUT2D eigenvalue weighted by molar-refractivity contribution is -0.385. The highest BCUT2D eigenvalue weighted by molar-refractivity contribution is 5.95. The van der Waals surface area contributed by atoms with Crippen molar-refractivity contribution in [1.29, 1.82) is 0 Å². The normalized spacial score (nSPS) is 17.8. The van der Waals surface area contributed by atoms with Gasteiger partial charge in [0.15, 0.2) is 5.75 Å². The standard InChI is InChI=1S/C14H19N3O4/c1-2-21-13-4-3-11(7-12(13)17(19)20)14(18)16-6-5-10(8-15)9-16/h3-4,7,10H,2,5-6,8-9,15H2,1H3. The summed E-state index contributed by atoms with van der Waals surface area (Å²) in [6.45, 7) is 3.88. The van der Waals surface area contributed by atoms with Gasteiger partial charge in [0.2, 0.25) is 0 Å². The number of hydrogen-bond donors (Lipinski definition) is 1. The second kappa shape index (κ2) is 6.53. The molecule has 1 unspecified atom stereocenters. The molecule has 0 spiro atoms. The van der Waals surface area contributed by atoms with Crippen LogP contribution in [0.5, 0.6) is 5.75 Å². The molecule has 1 aromatic carbocycles. The molecule has 2 N–H and O–H groups in total. The second-order valence-corrected chi connectivity index (χ2v) is 5.01. The molecule has 1 atom stereocenters. The van der Waals surface area contributed by atoms with Gasteiger partial charge < -0.3 is 15.4 Å². The molecule has 1 fully saturated rings. The molecule has 0 bridgehead atoms. The van der Waals surface area contributed by atoms with E-state index in [0.717, 1.165) is 6.42 Å². The average molecular weight is 293 g/mol. The SMILES string of the molecule is CCOc1ccc(C(=O)N2CCC(CN)C2)cc1[N+](=O)[O-]. The summed E-state index contributed by atoms with van der Waals surface area (Å²) in [5, 5.41) is 11.1. The second-order valence-electron chi connectivity index (χ2n) is 5.01. The lowest BCUT2D eigenvalue weighted by Crippen LogP contribution is -2.29. The topological polar surface area (TPSA) is 98.7 Å². The Balaban J connectivity index is 2.22. The van der Waals surface area contributed by atoms with E-state index in [-0.39, 0.29) is 17.3 Å². The molecule has 1 aliphatic heterocycles. The fraction of sp³-hybridized carbons (Fsp3) is 0.500.